The lowest BCUT2D eigenvalue weighted by molar-refractivity contribution is 0.0827. The molecule has 0 radical (unpaired) electrons. The highest BCUT2D eigenvalue weighted by Crippen LogP contribution is 2.35. The minimum absolute atomic E-state index is 0.0370. The number of pyridine rings is 2. The van der Waals surface area contributed by atoms with E-state index in [-0.39, 0.29) is 5.91 Å². The van der Waals surface area contributed by atoms with Crippen molar-refractivity contribution in [3.05, 3.63) is 72.6 Å². The zero-order valence-electron chi connectivity index (χ0n) is 16.1. The first-order valence-electron chi connectivity index (χ1n) is 9.35. The summed E-state index contributed by atoms with van der Waals surface area (Å²) >= 11 is 0. The molecule has 0 spiro atoms. The molecule has 6 heteroatoms. The number of hydrogen-bond donors (Lipinski definition) is 2. The molecule has 2 N–H and O–H groups in total. The van der Waals surface area contributed by atoms with Crippen molar-refractivity contribution in [2.24, 2.45) is 0 Å². The number of nitrogens with one attached hydrogen (secondary N) is 2. The van der Waals surface area contributed by atoms with Crippen LogP contribution in [0.1, 0.15) is 10.4 Å². The van der Waals surface area contributed by atoms with Crippen LogP contribution in [0, 0.1) is 0 Å². The van der Waals surface area contributed by atoms with Crippen molar-refractivity contribution in [3.63, 3.8) is 0 Å². The van der Waals surface area contributed by atoms with Crippen LogP contribution >= 0.6 is 0 Å². The van der Waals surface area contributed by atoms with Gasteiger partial charge in [0.2, 0.25) is 0 Å². The maximum Gasteiger partial charge on any atom is 0.253 e. The van der Waals surface area contributed by atoms with E-state index in [2.05, 4.69) is 21.4 Å². The van der Waals surface area contributed by atoms with Crippen LogP contribution < -0.4 is 5.32 Å². The number of carbonyl (C=O) groups excluding carboxylic acids is 1. The van der Waals surface area contributed by atoms with Gasteiger partial charge in [0, 0.05) is 53.9 Å². The molecule has 3 aromatic heterocycles. The molecule has 2 aromatic carbocycles. The average Bonchev–Trinajstić information content (AvgIpc) is 3.12. The molecule has 0 saturated heterocycles. The summed E-state index contributed by atoms with van der Waals surface area (Å²) in [6.07, 6.45) is 3.64. The summed E-state index contributed by atoms with van der Waals surface area (Å²) in [5.41, 5.74) is 3.24. The Morgan fingerprint density at radius 2 is 1.83 bits per heavy atom. The van der Waals surface area contributed by atoms with Crippen LogP contribution in [0.5, 0.6) is 0 Å². The molecule has 0 saturated carbocycles. The van der Waals surface area contributed by atoms with Gasteiger partial charge in [-0.15, -0.1) is 0 Å². The lowest BCUT2D eigenvalue weighted by Gasteiger charge is -2.13. The third-order valence-electron chi connectivity index (χ3n) is 5.03. The fourth-order valence-corrected chi connectivity index (χ4v) is 3.68. The third kappa shape index (κ3) is 2.86. The van der Waals surface area contributed by atoms with E-state index in [4.69, 9.17) is 4.98 Å². The van der Waals surface area contributed by atoms with Gasteiger partial charge < -0.3 is 15.2 Å². The van der Waals surface area contributed by atoms with E-state index >= 15 is 0 Å². The van der Waals surface area contributed by atoms with Crippen molar-refractivity contribution in [2.75, 3.05) is 19.4 Å². The predicted octanol–water partition coefficient (Wildman–Crippen LogP) is 4.71. The Morgan fingerprint density at radius 1 is 1.00 bits per heavy atom. The van der Waals surface area contributed by atoms with E-state index in [0.717, 1.165) is 44.2 Å². The minimum Gasteiger partial charge on any atom is -0.345 e. The van der Waals surface area contributed by atoms with Gasteiger partial charge in [0.15, 0.2) is 0 Å². The van der Waals surface area contributed by atoms with Gasteiger partial charge >= 0.3 is 0 Å². The first-order valence-corrected chi connectivity index (χ1v) is 9.35. The second kappa shape index (κ2) is 6.60. The number of rotatable bonds is 3. The van der Waals surface area contributed by atoms with Gasteiger partial charge in [-0.25, -0.2) is 4.98 Å². The molecule has 0 bridgehead atoms. The quantitative estimate of drug-likeness (QED) is 0.475. The Hall–Kier alpha value is -3.93. The SMILES string of the molecule is CN(C)C(=O)c1cccc(Nc2nc3[nH]c4ccncc4c3c3ccccc23)c1. The molecule has 29 heavy (non-hydrogen) atoms. The van der Waals surface area contributed by atoms with E-state index in [0.29, 0.717) is 5.56 Å². The molecule has 0 atom stereocenters. The molecule has 0 aliphatic carbocycles. The highest BCUT2D eigenvalue weighted by Gasteiger charge is 2.14. The maximum atomic E-state index is 12.3. The number of fused-ring (bicyclic) bond motifs is 5. The first kappa shape index (κ1) is 17.2. The van der Waals surface area contributed by atoms with Crippen LogP contribution in [-0.2, 0) is 0 Å². The van der Waals surface area contributed by atoms with Crippen molar-refractivity contribution >= 4 is 50.1 Å². The van der Waals surface area contributed by atoms with Crippen LogP contribution in [0.2, 0.25) is 0 Å². The lowest BCUT2D eigenvalue weighted by Crippen LogP contribution is -2.21. The van der Waals surface area contributed by atoms with Gasteiger partial charge in [-0.1, -0.05) is 30.3 Å². The molecule has 0 fully saturated rings. The van der Waals surface area contributed by atoms with E-state index in [1.54, 1.807) is 25.2 Å². The zero-order chi connectivity index (χ0) is 20.0. The van der Waals surface area contributed by atoms with Gasteiger partial charge in [-0.3, -0.25) is 9.78 Å². The summed E-state index contributed by atoms with van der Waals surface area (Å²) in [6.45, 7) is 0. The summed E-state index contributed by atoms with van der Waals surface area (Å²) in [4.78, 5) is 26.4. The van der Waals surface area contributed by atoms with Crippen LogP contribution in [0.3, 0.4) is 0 Å². The van der Waals surface area contributed by atoms with Gasteiger partial charge in [-0.05, 0) is 29.7 Å². The molecule has 5 aromatic rings. The molecule has 142 valence electrons. The number of anilines is 2. The normalized spacial score (nSPS) is 11.2. The number of hydrogen-bond acceptors (Lipinski definition) is 4. The second-order valence-electron chi connectivity index (χ2n) is 7.18. The van der Waals surface area contributed by atoms with Crippen LogP contribution in [0.4, 0.5) is 11.5 Å². The number of carbonyl (C=O) groups is 1. The van der Waals surface area contributed by atoms with E-state index in [1.165, 1.54) is 0 Å². The smallest absolute Gasteiger partial charge is 0.253 e. The second-order valence-corrected chi connectivity index (χ2v) is 7.18. The highest BCUT2D eigenvalue weighted by molar-refractivity contribution is 6.20. The molecule has 0 unspecified atom stereocenters. The fraction of sp³-hybridized carbons (Fsp3) is 0.0870. The van der Waals surface area contributed by atoms with Gasteiger partial charge in [0.05, 0.1) is 5.52 Å². The molecule has 6 nitrogen and oxygen atoms in total. The standard InChI is InChI=1S/C23H19N5O/c1-28(2)23(29)14-6-5-7-15(12-14)25-21-17-9-4-3-8-16(17)20-18-13-24-11-10-19(18)26-22(20)27-21/h3-13H,1-2H3,(H2,25,26,27). The lowest BCUT2D eigenvalue weighted by atomic mass is 10.1. The van der Waals surface area contributed by atoms with Crippen LogP contribution in [0.25, 0.3) is 32.7 Å². The summed E-state index contributed by atoms with van der Waals surface area (Å²) in [5, 5.41) is 7.62. The monoisotopic (exact) mass is 381 g/mol. The molecule has 5 rings (SSSR count). The topological polar surface area (TPSA) is 73.9 Å². The number of aromatic amines is 1. The number of amides is 1. The van der Waals surface area contributed by atoms with Gasteiger partial charge in [0.25, 0.3) is 5.91 Å². The number of H-pyrrole nitrogens is 1. The van der Waals surface area contributed by atoms with Crippen molar-refractivity contribution in [1.29, 1.82) is 0 Å². The minimum atomic E-state index is -0.0370. The highest BCUT2D eigenvalue weighted by atomic mass is 16.2. The average molecular weight is 381 g/mol. The van der Waals surface area contributed by atoms with Crippen LogP contribution in [0.15, 0.2) is 67.0 Å². The van der Waals surface area contributed by atoms with Crippen molar-refractivity contribution in [3.8, 4) is 0 Å². The van der Waals surface area contributed by atoms with Crippen LogP contribution in [-0.4, -0.2) is 39.9 Å². The summed E-state index contributed by atoms with van der Waals surface area (Å²) in [7, 11) is 3.49. The van der Waals surface area contributed by atoms with Crippen molar-refractivity contribution < 1.29 is 4.79 Å². The Balaban J connectivity index is 1.68. The fourth-order valence-electron chi connectivity index (χ4n) is 3.68. The Morgan fingerprint density at radius 3 is 2.66 bits per heavy atom. The largest absolute Gasteiger partial charge is 0.345 e. The Labute approximate surface area is 167 Å². The molecular formula is C23H19N5O. The Kier molecular flexibility index (Phi) is 3.91. The number of nitrogens with zero attached hydrogens (tertiary/aromatic N) is 3. The van der Waals surface area contributed by atoms with Crippen molar-refractivity contribution in [2.45, 2.75) is 0 Å². The summed E-state index contributed by atoms with van der Waals surface area (Å²) < 4.78 is 0. The molecule has 3 heterocycles. The Bertz CT molecular complexity index is 1390. The number of aromatic nitrogens is 3. The number of benzene rings is 2. The van der Waals surface area contributed by atoms with Gasteiger partial charge in [0.1, 0.15) is 11.5 Å². The third-order valence-corrected chi connectivity index (χ3v) is 5.03. The predicted molar refractivity (Wildman–Crippen MR) is 117 cm³/mol. The van der Waals surface area contributed by atoms with E-state index in [1.807, 2.05) is 54.7 Å². The molecule has 0 aliphatic heterocycles. The van der Waals surface area contributed by atoms with E-state index < -0.39 is 0 Å². The van der Waals surface area contributed by atoms with Crippen molar-refractivity contribution in [1.82, 2.24) is 19.9 Å². The molecule has 1 amide bonds. The van der Waals surface area contributed by atoms with E-state index in [9.17, 15) is 4.79 Å². The van der Waals surface area contributed by atoms with Gasteiger partial charge in [-0.2, -0.15) is 0 Å². The molecular weight excluding hydrogens is 362 g/mol. The maximum absolute atomic E-state index is 12.3. The first-order chi connectivity index (χ1) is 14.1. The zero-order valence-corrected chi connectivity index (χ0v) is 16.1. The summed E-state index contributed by atoms with van der Waals surface area (Å²) in [5.74, 6) is 0.701. The summed E-state index contributed by atoms with van der Waals surface area (Å²) in [6, 6.07) is 17.6. The molecule has 0 aliphatic rings.